The van der Waals surface area contributed by atoms with Crippen LogP contribution in [0.5, 0.6) is 0 Å². The molecule has 0 aliphatic carbocycles. The molecule has 0 radical (unpaired) electrons. The average Bonchev–Trinajstić information content (AvgIpc) is 3.27. The Morgan fingerprint density at radius 1 is 0.661 bits per heavy atom. The number of hydrazine groups is 1. The van der Waals surface area contributed by atoms with Crippen molar-refractivity contribution in [1.82, 2.24) is 31.8 Å². The van der Waals surface area contributed by atoms with Gasteiger partial charge >= 0.3 is 6.09 Å². The maximum absolute atomic E-state index is 14.3. The van der Waals surface area contributed by atoms with Crippen LogP contribution >= 0.6 is 0 Å². The third-order valence-corrected chi connectivity index (χ3v) is 10.1. The summed E-state index contributed by atoms with van der Waals surface area (Å²) < 4.78 is 5.49. The van der Waals surface area contributed by atoms with Gasteiger partial charge in [0.2, 0.25) is 23.6 Å². The fourth-order valence-corrected chi connectivity index (χ4v) is 6.88. The van der Waals surface area contributed by atoms with Gasteiger partial charge in [-0.1, -0.05) is 123 Å². The third kappa shape index (κ3) is 15.0. The number of aliphatic hydroxyl groups excluding tert-OH is 1. The molecule has 0 fully saturated rings. The molecule has 1 heterocycles. The van der Waals surface area contributed by atoms with Gasteiger partial charge in [0.1, 0.15) is 18.7 Å². The van der Waals surface area contributed by atoms with Crippen molar-refractivity contribution in [3.05, 3.63) is 150 Å². The van der Waals surface area contributed by atoms with E-state index in [4.69, 9.17) is 4.74 Å². The Labute approximate surface area is 361 Å². The zero-order valence-corrected chi connectivity index (χ0v) is 34.9. The van der Waals surface area contributed by atoms with E-state index < -0.39 is 60.4 Å². The number of hydrogen-bond donors (Lipinski definition) is 6. The van der Waals surface area contributed by atoms with E-state index in [1.54, 1.807) is 48.7 Å². The molecule has 62 heavy (non-hydrogen) atoms. The number of ether oxygens (including phenoxy) is 1. The van der Waals surface area contributed by atoms with Crippen LogP contribution in [0.2, 0.25) is 0 Å². The van der Waals surface area contributed by atoms with E-state index in [9.17, 15) is 33.9 Å². The molecule has 14 nitrogen and oxygen atoms in total. The second-order valence-corrected chi connectivity index (χ2v) is 15.4. The number of hydrogen-bond acceptors (Lipinski definition) is 9. The van der Waals surface area contributed by atoms with Gasteiger partial charge < -0.3 is 25.8 Å². The number of ketones is 1. The first kappa shape index (κ1) is 46.1. The van der Waals surface area contributed by atoms with Crippen molar-refractivity contribution in [3.63, 3.8) is 0 Å². The summed E-state index contributed by atoms with van der Waals surface area (Å²) in [6, 6.07) is 33.0. The quantitative estimate of drug-likeness (QED) is 0.0420. The number of alkyl carbamates (subject to hydrolysis) is 1. The van der Waals surface area contributed by atoms with Crippen LogP contribution in [0.3, 0.4) is 0 Å². The fraction of sp³-hybridized carbons (Fsp3) is 0.312. The molecule has 324 valence electrons. The van der Waals surface area contributed by atoms with E-state index in [0.29, 0.717) is 11.3 Å². The normalized spacial score (nSPS) is 12.9. The van der Waals surface area contributed by atoms with Crippen LogP contribution in [0.15, 0.2) is 128 Å². The highest BCUT2D eigenvalue weighted by molar-refractivity contribution is 5.96. The lowest BCUT2D eigenvalue weighted by atomic mass is 9.96. The number of benzene rings is 4. The second-order valence-electron chi connectivity index (χ2n) is 15.4. The standard InChI is InChI=1S/C48H54N6O8/c1-32(2)27-39(43(56)30-45(58)54-53-44(57)25-14-24-42(55)35-18-7-4-8-19-35)50-47(60)41(29-37-22-11-12-26-49-37)51-46(59)40(52-48(61)62-31-33-15-5-3-6-16-33)28-36-21-13-20-34-17-9-10-23-38(34)36/h3-13,15-23,26,32,39-41,43,56H,14,24-25,27-31H2,1-2H3,(H,50,60)(H,51,59)(H,52,61)(H,53,57)(H,54,58)/t39-,40-,41?,43-/m0/s1. The van der Waals surface area contributed by atoms with Crippen LogP contribution in [0.4, 0.5) is 4.79 Å². The van der Waals surface area contributed by atoms with E-state index in [1.165, 1.54) is 0 Å². The summed E-state index contributed by atoms with van der Waals surface area (Å²) in [6.45, 7) is 3.76. The highest BCUT2D eigenvalue weighted by atomic mass is 16.5. The highest BCUT2D eigenvalue weighted by Crippen LogP contribution is 2.20. The Kier molecular flexibility index (Phi) is 17.7. The molecule has 1 aromatic heterocycles. The number of Topliss-reactive ketones (excluding diaryl/α,β-unsaturated/α-hetero) is 1. The first-order chi connectivity index (χ1) is 29.9. The van der Waals surface area contributed by atoms with E-state index in [1.807, 2.05) is 92.7 Å². The van der Waals surface area contributed by atoms with Gasteiger partial charge in [0.15, 0.2) is 5.78 Å². The number of nitrogens with one attached hydrogen (secondary N) is 5. The molecule has 4 aromatic carbocycles. The molecular formula is C48H54N6O8. The lowest BCUT2D eigenvalue weighted by Crippen LogP contribution is -2.57. The van der Waals surface area contributed by atoms with Crippen molar-refractivity contribution in [3.8, 4) is 0 Å². The van der Waals surface area contributed by atoms with E-state index in [0.717, 1.165) is 21.9 Å². The van der Waals surface area contributed by atoms with Crippen molar-refractivity contribution < 1.29 is 38.6 Å². The minimum atomic E-state index is -1.38. The Morgan fingerprint density at radius 3 is 2.03 bits per heavy atom. The first-order valence-electron chi connectivity index (χ1n) is 20.7. The van der Waals surface area contributed by atoms with Gasteiger partial charge in [-0.15, -0.1) is 0 Å². The zero-order chi connectivity index (χ0) is 44.3. The summed E-state index contributed by atoms with van der Waals surface area (Å²) in [5.41, 5.74) is 7.20. The third-order valence-electron chi connectivity index (χ3n) is 10.1. The summed E-state index contributed by atoms with van der Waals surface area (Å²) in [5, 5.41) is 21.5. The van der Waals surface area contributed by atoms with Gasteiger partial charge in [-0.05, 0) is 52.8 Å². The molecule has 5 amide bonds. The van der Waals surface area contributed by atoms with Gasteiger partial charge in [0.05, 0.1) is 18.6 Å². The summed E-state index contributed by atoms with van der Waals surface area (Å²) in [4.78, 5) is 83.7. The van der Waals surface area contributed by atoms with Gasteiger partial charge in [-0.3, -0.25) is 39.8 Å². The minimum Gasteiger partial charge on any atom is -0.445 e. The summed E-state index contributed by atoms with van der Waals surface area (Å²) in [7, 11) is 0. The van der Waals surface area contributed by atoms with Gasteiger partial charge in [-0.2, -0.15) is 0 Å². The second kappa shape index (κ2) is 23.8. The molecule has 6 N–H and O–H groups in total. The van der Waals surface area contributed by atoms with E-state index in [-0.39, 0.29) is 56.8 Å². The smallest absolute Gasteiger partial charge is 0.408 e. The monoisotopic (exact) mass is 842 g/mol. The van der Waals surface area contributed by atoms with Crippen molar-refractivity contribution in [1.29, 1.82) is 0 Å². The zero-order valence-electron chi connectivity index (χ0n) is 34.9. The van der Waals surface area contributed by atoms with Crippen LogP contribution in [0.25, 0.3) is 10.8 Å². The van der Waals surface area contributed by atoms with Gasteiger partial charge in [0, 0.05) is 43.1 Å². The van der Waals surface area contributed by atoms with E-state index >= 15 is 0 Å². The highest BCUT2D eigenvalue weighted by Gasteiger charge is 2.32. The fourth-order valence-electron chi connectivity index (χ4n) is 6.88. The Balaban J connectivity index is 1.25. The van der Waals surface area contributed by atoms with Crippen molar-refractivity contribution in [2.24, 2.45) is 5.92 Å². The molecule has 5 aromatic rings. The first-order valence-corrected chi connectivity index (χ1v) is 20.7. The maximum atomic E-state index is 14.3. The van der Waals surface area contributed by atoms with Crippen LogP contribution in [0.1, 0.15) is 73.1 Å². The Hall–Kier alpha value is -6.93. The predicted octanol–water partition coefficient (Wildman–Crippen LogP) is 5.28. The SMILES string of the molecule is CC(C)C[C@H](NC(=O)C(Cc1ccccn1)NC(=O)[C@H](Cc1cccc2ccccc12)NC(=O)OCc1ccccc1)[C@@H](O)CC(=O)NNC(=O)CCCC(=O)c1ccccc1. The van der Waals surface area contributed by atoms with Crippen molar-refractivity contribution >= 4 is 46.3 Å². The molecule has 0 saturated heterocycles. The number of pyridine rings is 1. The maximum Gasteiger partial charge on any atom is 0.408 e. The van der Waals surface area contributed by atoms with Crippen LogP contribution in [-0.2, 0) is 43.4 Å². The van der Waals surface area contributed by atoms with Gasteiger partial charge in [0.25, 0.3) is 0 Å². The molecule has 0 spiro atoms. The van der Waals surface area contributed by atoms with E-state index in [2.05, 4.69) is 31.8 Å². The molecular weight excluding hydrogens is 789 g/mol. The molecule has 0 aliphatic rings. The van der Waals surface area contributed by atoms with Crippen LogP contribution in [0, 0.1) is 5.92 Å². The molecule has 1 unspecified atom stereocenters. The molecule has 0 bridgehead atoms. The Bertz CT molecular complexity index is 2250. The number of carbonyl (C=O) groups is 6. The number of fused-ring (bicyclic) bond motifs is 1. The van der Waals surface area contributed by atoms with Crippen LogP contribution < -0.4 is 26.8 Å². The average molecular weight is 843 g/mol. The van der Waals surface area contributed by atoms with Crippen molar-refractivity contribution in [2.45, 2.75) is 89.6 Å². The van der Waals surface area contributed by atoms with Crippen LogP contribution in [-0.4, -0.2) is 69.8 Å². The number of aliphatic hydroxyl groups is 1. The number of rotatable bonds is 21. The minimum absolute atomic E-state index is 0.00991. The molecule has 4 atom stereocenters. The number of aromatic nitrogens is 1. The summed E-state index contributed by atoms with van der Waals surface area (Å²) in [5.74, 6) is -2.65. The lowest BCUT2D eigenvalue weighted by molar-refractivity contribution is -0.132. The topological polar surface area (TPSA) is 205 Å². The summed E-state index contributed by atoms with van der Waals surface area (Å²) >= 11 is 0. The largest absolute Gasteiger partial charge is 0.445 e. The molecule has 0 aliphatic heterocycles. The molecule has 0 saturated carbocycles. The summed E-state index contributed by atoms with van der Waals surface area (Å²) in [6.07, 6.45) is -0.393. The number of amides is 5. The number of nitrogens with zero attached hydrogens (tertiary/aromatic N) is 1. The number of carbonyl (C=O) groups excluding carboxylic acids is 6. The molecule has 14 heteroatoms. The van der Waals surface area contributed by atoms with Crippen molar-refractivity contribution in [2.75, 3.05) is 0 Å². The Morgan fingerprint density at radius 2 is 1.31 bits per heavy atom. The molecule has 5 rings (SSSR count). The predicted molar refractivity (Wildman–Crippen MR) is 234 cm³/mol. The van der Waals surface area contributed by atoms with Gasteiger partial charge in [-0.25, -0.2) is 4.79 Å². The lowest BCUT2D eigenvalue weighted by Gasteiger charge is -2.29.